The molecular weight excluding hydrogens is 412 g/mol. The van der Waals surface area contributed by atoms with Gasteiger partial charge in [-0.25, -0.2) is 9.48 Å². The highest BCUT2D eigenvalue weighted by atomic mass is 16.5. The van der Waals surface area contributed by atoms with Crippen molar-refractivity contribution in [2.24, 2.45) is 0 Å². The van der Waals surface area contributed by atoms with Crippen LogP contribution in [-0.4, -0.2) is 47.3 Å². The van der Waals surface area contributed by atoms with Gasteiger partial charge in [0, 0.05) is 11.6 Å². The van der Waals surface area contributed by atoms with Gasteiger partial charge in [-0.05, 0) is 51.1 Å². The third-order valence-corrected chi connectivity index (χ3v) is 4.90. The fourth-order valence-electron chi connectivity index (χ4n) is 3.07. The van der Waals surface area contributed by atoms with Crippen molar-refractivity contribution < 1.29 is 28.8 Å². The van der Waals surface area contributed by atoms with Gasteiger partial charge in [0.05, 0.1) is 38.8 Å². The van der Waals surface area contributed by atoms with Crippen LogP contribution in [0.3, 0.4) is 0 Å². The molecule has 0 amide bonds. The third-order valence-electron chi connectivity index (χ3n) is 4.90. The van der Waals surface area contributed by atoms with Crippen LogP contribution in [0.1, 0.15) is 26.5 Å². The Hall–Kier alpha value is -3.52. The molecule has 0 unspecified atom stereocenters. The molecule has 0 aliphatic heterocycles. The second-order valence-corrected chi connectivity index (χ2v) is 7.54. The molecule has 0 saturated carbocycles. The Labute approximate surface area is 187 Å². The lowest BCUT2D eigenvalue weighted by atomic mass is 10.1. The number of ether oxygens (including phenoxy) is 4. The highest BCUT2D eigenvalue weighted by Crippen LogP contribution is 2.34. The van der Waals surface area contributed by atoms with E-state index in [-0.39, 0.29) is 6.61 Å². The average molecular weight is 440 g/mol. The van der Waals surface area contributed by atoms with Gasteiger partial charge in [-0.2, -0.15) is 5.10 Å². The number of carbonyl (C=O) groups is 1. The summed E-state index contributed by atoms with van der Waals surface area (Å²) in [4.78, 5) is 11.4. The van der Waals surface area contributed by atoms with Crippen LogP contribution in [-0.2, 0) is 16.1 Å². The summed E-state index contributed by atoms with van der Waals surface area (Å²) in [5.74, 6) is 0.897. The summed E-state index contributed by atoms with van der Waals surface area (Å²) in [6.07, 6.45) is 0. The number of rotatable bonds is 10. The number of benzene rings is 2. The standard InChI is InChI=1S/C24H28N2O6/c1-6-31-22-10-8-7-9-20(22)26-21(16-11-18(29-4)14-19(12-16)30-5)13-17(25-26)15-32-24(2,3)23(27)28/h7-14H,6,15H2,1-5H3,(H,27,28). The summed E-state index contributed by atoms with van der Waals surface area (Å²) >= 11 is 0. The number of para-hydroxylation sites is 2. The molecule has 0 fully saturated rings. The molecule has 0 spiro atoms. The van der Waals surface area contributed by atoms with Crippen molar-refractivity contribution in [1.82, 2.24) is 9.78 Å². The lowest BCUT2D eigenvalue weighted by molar-refractivity contribution is -0.162. The monoisotopic (exact) mass is 440 g/mol. The maximum atomic E-state index is 11.4. The smallest absolute Gasteiger partial charge is 0.335 e. The van der Waals surface area contributed by atoms with Gasteiger partial charge >= 0.3 is 5.97 Å². The van der Waals surface area contributed by atoms with E-state index in [1.165, 1.54) is 13.8 Å². The van der Waals surface area contributed by atoms with E-state index in [4.69, 9.17) is 24.0 Å². The van der Waals surface area contributed by atoms with E-state index >= 15 is 0 Å². The molecule has 0 aliphatic rings. The van der Waals surface area contributed by atoms with E-state index in [1.807, 2.05) is 49.4 Å². The summed E-state index contributed by atoms with van der Waals surface area (Å²) < 4.78 is 24.0. The zero-order chi connectivity index (χ0) is 23.3. The molecule has 1 N–H and O–H groups in total. The summed E-state index contributed by atoms with van der Waals surface area (Å²) in [6.45, 7) is 5.45. The third kappa shape index (κ3) is 5.03. The first-order valence-electron chi connectivity index (χ1n) is 10.2. The molecule has 8 nitrogen and oxygen atoms in total. The lowest BCUT2D eigenvalue weighted by Crippen LogP contribution is -2.34. The molecule has 0 saturated heterocycles. The molecule has 1 aromatic heterocycles. The second kappa shape index (κ2) is 9.74. The van der Waals surface area contributed by atoms with Gasteiger partial charge in [0.15, 0.2) is 5.60 Å². The van der Waals surface area contributed by atoms with Crippen molar-refractivity contribution >= 4 is 5.97 Å². The van der Waals surface area contributed by atoms with Gasteiger partial charge in [-0.15, -0.1) is 0 Å². The topological polar surface area (TPSA) is 92.0 Å². The quantitative estimate of drug-likeness (QED) is 0.501. The zero-order valence-electron chi connectivity index (χ0n) is 18.9. The predicted molar refractivity (Wildman–Crippen MR) is 120 cm³/mol. The largest absolute Gasteiger partial charge is 0.497 e. The van der Waals surface area contributed by atoms with Gasteiger partial charge in [0.1, 0.15) is 22.9 Å². The van der Waals surface area contributed by atoms with Crippen LogP contribution in [0.25, 0.3) is 16.9 Å². The van der Waals surface area contributed by atoms with Gasteiger partial charge in [0.2, 0.25) is 0 Å². The summed E-state index contributed by atoms with van der Waals surface area (Å²) in [6, 6.07) is 15.0. The number of methoxy groups -OCH3 is 2. The Balaban J connectivity index is 2.13. The molecule has 1 heterocycles. The maximum Gasteiger partial charge on any atom is 0.335 e. The number of carboxylic acids is 1. The Morgan fingerprint density at radius 3 is 2.31 bits per heavy atom. The fourth-order valence-corrected chi connectivity index (χ4v) is 3.07. The van der Waals surface area contributed by atoms with Crippen LogP contribution in [0.2, 0.25) is 0 Å². The van der Waals surface area contributed by atoms with E-state index in [0.717, 1.165) is 16.9 Å². The lowest BCUT2D eigenvalue weighted by Gasteiger charge is -2.19. The zero-order valence-corrected chi connectivity index (χ0v) is 18.9. The molecule has 3 aromatic rings. The molecule has 0 atom stereocenters. The molecule has 3 rings (SSSR count). The van der Waals surface area contributed by atoms with E-state index in [9.17, 15) is 9.90 Å². The van der Waals surface area contributed by atoms with Crippen molar-refractivity contribution in [3.8, 4) is 34.2 Å². The van der Waals surface area contributed by atoms with Crippen molar-refractivity contribution in [2.75, 3.05) is 20.8 Å². The number of aromatic nitrogens is 2. The Morgan fingerprint density at radius 1 is 1.06 bits per heavy atom. The molecule has 8 heteroatoms. The molecule has 2 aromatic carbocycles. The molecule has 0 radical (unpaired) electrons. The first-order chi connectivity index (χ1) is 15.3. The van der Waals surface area contributed by atoms with Crippen molar-refractivity contribution in [3.05, 3.63) is 54.2 Å². The van der Waals surface area contributed by atoms with Crippen molar-refractivity contribution in [3.63, 3.8) is 0 Å². The highest BCUT2D eigenvalue weighted by molar-refractivity contribution is 5.76. The average Bonchev–Trinajstić information content (AvgIpc) is 3.22. The van der Waals surface area contributed by atoms with Crippen LogP contribution >= 0.6 is 0 Å². The predicted octanol–water partition coefficient (Wildman–Crippen LogP) is 4.34. The first kappa shape index (κ1) is 23.1. The molecule has 170 valence electrons. The van der Waals surface area contributed by atoms with Crippen molar-refractivity contribution in [2.45, 2.75) is 33.0 Å². The maximum absolute atomic E-state index is 11.4. The molecule has 0 bridgehead atoms. The van der Waals surface area contributed by atoms with Gasteiger partial charge in [0.25, 0.3) is 0 Å². The van der Waals surface area contributed by atoms with E-state index in [0.29, 0.717) is 29.5 Å². The van der Waals surface area contributed by atoms with Crippen LogP contribution in [0.4, 0.5) is 0 Å². The van der Waals surface area contributed by atoms with Crippen LogP contribution in [0.5, 0.6) is 17.2 Å². The number of nitrogens with zero attached hydrogens (tertiary/aromatic N) is 2. The minimum Gasteiger partial charge on any atom is -0.497 e. The van der Waals surface area contributed by atoms with Crippen LogP contribution < -0.4 is 14.2 Å². The SMILES string of the molecule is CCOc1ccccc1-n1nc(COC(C)(C)C(=O)O)cc1-c1cc(OC)cc(OC)c1. The van der Waals surface area contributed by atoms with Gasteiger partial charge < -0.3 is 24.1 Å². The molecule has 32 heavy (non-hydrogen) atoms. The first-order valence-corrected chi connectivity index (χ1v) is 10.2. The fraction of sp³-hybridized carbons (Fsp3) is 0.333. The summed E-state index contributed by atoms with van der Waals surface area (Å²) in [7, 11) is 3.18. The van der Waals surface area contributed by atoms with E-state index < -0.39 is 11.6 Å². The Kier molecular flexibility index (Phi) is 7.05. The van der Waals surface area contributed by atoms with Gasteiger partial charge in [-0.1, -0.05) is 12.1 Å². The van der Waals surface area contributed by atoms with Crippen LogP contribution in [0.15, 0.2) is 48.5 Å². The second-order valence-electron chi connectivity index (χ2n) is 7.54. The number of carboxylic acid groups (broad SMARTS) is 1. The van der Waals surface area contributed by atoms with Crippen LogP contribution in [0, 0.1) is 0 Å². The van der Waals surface area contributed by atoms with Crippen molar-refractivity contribution in [1.29, 1.82) is 0 Å². The van der Waals surface area contributed by atoms with E-state index in [1.54, 1.807) is 25.0 Å². The normalized spacial score (nSPS) is 11.3. The molecular formula is C24H28N2O6. The minimum atomic E-state index is -1.34. The van der Waals surface area contributed by atoms with Gasteiger partial charge in [-0.3, -0.25) is 0 Å². The Morgan fingerprint density at radius 2 is 1.72 bits per heavy atom. The summed E-state index contributed by atoms with van der Waals surface area (Å²) in [5, 5.41) is 14.1. The number of hydrogen-bond acceptors (Lipinski definition) is 6. The molecule has 0 aliphatic carbocycles. The summed E-state index contributed by atoms with van der Waals surface area (Å²) in [5.41, 5.74) is 1.54. The number of aliphatic carboxylic acids is 1. The minimum absolute atomic E-state index is 0.0250. The van der Waals surface area contributed by atoms with E-state index in [2.05, 4.69) is 0 Å². The number of hydrogen-bond donors (Lipinski definition) is 1. The Bertz CT molecular complexity index is 1070. The highest BCUT2D eigenvalue weighted by Gasteiger charge is 2.28.